The first-order valence-electron chi connectivity index (χ1n) is 6.43. The lowest BCUT2D eigenvalue weighted by molar-refractivity contribution is 0.0954. The van der Waals surface area contributed by atoms with Crippen molar-refractivity contribution in [2.75, 3.05) is 13.2 Å². The highest BCUT2D eigenvalue weighted by Gasteiger charge is 2.20. The Morgan fingerprint density at radius 3 is 2.83 bits per heavy atom. The Kier molecular flexibility index (Phi) is 3.11. The number of rotatable bonds is 3. The van der Waals surface area contributed by atoms with Crippen LogP contribution in [-0.2, 0) is 4.74 Å². The molecule has 0 aliphatic carbocycles. The first kappa shape index (κ1) is 11.4. The van der Waals surface area contributed by atoms with Crippen LogP contribution in [0.2, 0.25) is 0 Å². The largest absolute Gasteiger partial charge is 0.381 e. The van der Waals surface area contributed by atoms with Gasteiger partial charge in [0.2, 0.25) is 0 Å². The van der Waals surface area contributed by atoms with Crippen LogP contribution in [0.1, 0.15) is 23.2 Å². The Hall–Kier alpha value is -1.67. The maximum absolute atomic E-state index is 12.4. The summed E-state index contributed by atoms with van der Waals surface area (Å²) >= 11 is 0. The van der Waals surface area contributed by atoms with Crippen molar-refractivity contribution in [1.29, 1.82) is 0 Å². The number of fused-ring (bicyclic) bond motifs is 1. The van der Waals surface area contributed by atoms with Gasteiger partial charge in [0.1, 0.15) is 0 Å². The lowest BCUT2D eigenvalue weighted by Gasteiger charge is -2.08. The fraction of sp³-hybridized carbons (Fsp3) is 0.312. The average molecular weight is 240 g/mol. The van der Waals surface area contributed by atoms with E-state index in [2.05, 4.69) is 0 Å². The maximum Gasteiger partial charge on any atom is 0.163 e. The third kappa shape index (κ3) is 2.16. The van der Waals surface area contributed by atoms with Crippen molar-refractivity contribution in [2.45, 2.75) is 12.8 Å². The predicted octanol–water partition coefficient (Wildman–Crippen LogP) is 3.45. The van der Waals surface area contributed by atoms with E-state index >= 15 is 0 Å². The van der Waals surface area contributed by atoms with Gasteiger partial charge in [-0.3, -0.25) is 4.79 Å². The molecule has 2 aromatic carbocycles. The number of hydrogen-bond donors (Lipinski definition) is 0. The van der Waals surface area contributed by atoms with Gasteiger partial charge in [-0.1, -0.05) is 42.5 Å². The molecule has 0 saturated carbocycles. The fourth-order valence-corrected chi connectivity index (χ4v) is 2.59. The first-order valence-corrected chi connectivity index (χ1v) is 6.43. The number of benzene rings is 2. The molecule has 1 saturated heterocycles. The van der Waals surface area contributed by atoms with Gasteiger partial charge in [0, 0.05) is 25.2 Å². The van der Waals surface area contributed by atoms with Crippen molar-refractivity contribution in [3.63, 3.8) is 0 Å². The van der Waals surface area contributed by atoms with E-state index in [0.717, 1.165) is 36.0 Å². The molecule has 0 spiro atoms. The average Bonchev–Trinajstić information content (AvgIpc) is 2.91. The summed E-state index contributed by atoms with van der Waals surface area (Å²) in [5.74, 6) is 0.638. The molecule has 18 heavy (non-hydrogen) atoms. The minimum atomic E-state index is 0.238. The Labute approximate surface area is 107 Å². The topological polar surface area (TPSA) is 26.3 Å². The van der Waals surface area contributed by atoms with Crippen LogP contribution < -0.4 is 0 Å². The lowest BCUT2D eigenvalue weighted by atomic mass is 9.94. The van der Waals surface area contributed by atoms with Crippen molar-refractivity contribution in [3.05, 3.63) is 48.0 Å². The third-order valence-electron chi connectivity index (χ3n) is 3.59. The standard InChI is InChI=1S/C16H16O2/c17-16(10-12-8-9-18-11-12)15-7-3-5-13-4-1-2-6-14(13)15/h1-7,12H,8-11H2. The summed E-state index contributed by atoms with van der Waals surface area (Å²) in [6.45, 7) is 1.53. The second kappa shape index (κ2) is 4.91. The minimum Gasteiger partial charge on any atom is -0.381 e. The van der Waals surface area contributed by atoms with Crippen molar-refractivity contribution in [2.24, 2.45) is 5.92 Å². The van der Waals surface area contributed by atoms with Crippen LogP contribution in [0.25, 0.3) is 10.8 Å². The van der Waals surface area contributed by atoms with Gasteiger partial charge in [0.15, 0.2) is 5.78 Å². The number of carbonyl (C=O) groups is 1. The third-order valence-corrected chi connectivity index (χ3v) is 3.59. The predicted molar refractivity (Wildman–Crippen MR) is 71.8 cm³/mol. The molecule has 1 atom stereocenters. The summed E-state index contributed by atoms with van der Waals surface area (Å²) < 4.78 is 5.33. The van der Waals surface area contributed by atoms with E-state index in [4.69, 9.17) is 4.74 Å². The minimum absolute atomic E-state index is 0.238. The molecule has 1 aliphatic rings. The molecule has 0 amide bonds. The van der Waals surface area contributed by atoms with E-state index in [-0.39, 0.29) is 5.78 Å². The molecular formula is C16H16O2. The van der Waals surface area contributed by atoms with Gasteiger partial charge >= 0.3 is 0 Å². The van der Waals surface area contributed by atoms with Crippen molar-refractivity contribution in [3.8, 4) is 0 Å². The zero-order valence-electron chi connectivity index (χ0n) is 10.3. The fourth-order valence-electron chi connectivity index (χ4n) is 2.59. The van der Waals surface area contributed by atoms with Crippen LogP contribution in [0.5, 0.6) is 0 Å². The molecule has 0 aromatic heterocycles. The van der Waals surface area contributed by atoms with Gasteiger partial charge in [0.25, 0.3) is 0 Å². The van der Waals surface area contributed by atoms with Crippen molar-refractivity contribution in [1.82, 2.24) is 0 Å². The zero-order valence-corrected chi connectivity index (χ0v) is 10.3. The van der Waals surface area contributed by atoms with E-state index in [1.165, 1.54) is 0 Å². The molecule has 2 heteroatoms. The Morgan fingerprint density at radius 2 is 2.00 bits per heavy atom. The van der Waals surface area contributed by atoms with E-state index in [9.17, 15) is 4.79 Å². The summed E-state index contributed by atoms with van der Waals surface area (Å²) in [5.41, 5.74) is 0.847. The Bertz CT molecular complexity index is 563. The van der Waals surface area contributed by atoms with Gasteiger partial charge in [0.05, 0.1) is 0 Å². The zero-order chi connectivity index (χ0) is 12.4. The van der Waals surface area contributed by atoms with Gasteiger partial charge in [-0.05, 0) is 23.1 Å². The molecule has 1 heterocycles. The smallest absolute Gasteiger partial charge is 0.163 e. The first-order chi connectivity index (χ1) is 8.84. The van der Waals surface area contributed by atoms with Crippen molar-refractivity contribution >= 4 is 16.6 Å². The molecule has 1 fully saturated rings. The lowest BCUT2D eigenvalue weighted by Crippen LogP contribution is -2.09. The van der Waals surface area contributed by atoms with Gasteiger partial charge in [-0.15, -0.1) is 0 Å². The van der Waals surface area contributed by atoms with E-state index in [0.29, 0.717) is 12.3 Å². The quantitative estimate of drug-likeness (QED) is 0.768. The highest BCUT2D eigenvalue weighted by Crippen LogP contribution is 2.23. The SMILES string of the molecule is O=C(CC1CCOC1)c1cccc2ccccc12. The molecule has 1 aliphatic heterocycles. The molecule has 1 unspecified atom stereocenters. The molecular weight excluding hydrogens is 224 g/mol. The van der Waals surface area contributed by atoms with Gasteiger partial charge in [-0.2, -0.15) is 0 Å². The molecule has 2 nitrogen and oxygen atoms in total. The van der Waals surface area contributed by atoms with Gasteiger partial charge < -0.3 is 4.74 Å². The Morgan fingerprint density at radius 1 is 1.17 bits per heavy atom. The number of ketones is 1. The van der Waals surface area contributed by atoms with Crippen LogP contribution in [0.15, 0.2) is 42.5 Å². The molecule has 92 valence electrons. The van der Waals surface area contributed by atoms with Crippen LogP contribution in [0.3, 0.4) is 0 Å². The monoisotopic (exact) mass is 240 g/mol. The summed E-state index contributed by atoms with van der Waals surface area (Å²) in [6, 6.07) is 14.0. The van der Waals surface area contributed by atoms with Crippen molar-refractivity contribution < 1.29 is 9.53 Å². The van der Waals surface area contributed by atoms with Crippen LogP contribution in [0, 0.1) is 5.92 Å². The second-order valence-corrected chi connectivity index (χ2v) is 4.88. The van der Waals surface area contributed by atoms with Crippen LogP contribution in [0.4, 0.5) is 0 Å². The summed E-state index contributed by atoms with van der Waals surface area (Å²) in [5, 5.41) is 2.19. The molecule has 0 N–H and O–H groups in total. The van der Waals surface area contributed by atoms with Crippen LogP contribution >= 0.6 is 0 Å². The second-order valence-electron chi connectivity index (χ2n) is 4.88. The summed E-state index contributed by atoms with van der Waals surface area (Å²) in [6.07, 6.45) is 1.62. The van der Waals surface area contributed by atoms with Gasteiger partial charge in [-0.25, -0.2) is 0 Å². The number of ether oxygens (including phenoxy) is 1. The number of hydrogen-bond acceptors (Lipinski definition) is 2. The van der Waals surface area contributed by atoms with Crippen LogP contribution in [-0.4, -0.2) is 19.0 Å². The summed E-state index contributed by atoms with van der Waals surface area (Å²) in [4.78, 5) is 12.4. The van der Waals surface area contributed by atoms with E-state index in [1.807, 2.05) is 42.5 Å². The summed E-state index contributed by atoms with van der Waals surface area (Å²) in [7, 11) is 0. The molecule has 0 bridgehead atoms. The highest BCUT2D eigenvalue weighted by molar-refractivity contribution is 6.08. The van der Waals surface area contributed by atoms with E-state index in [1.54, 1.807) is 0 Å². The molecule has 2 aromatic rings. The maximum atomic E-state index is 12.4. The molecule has 0 radical (unpaired) electrons. The number of Topliss-reactive ketones (excluding diaryl/α,β-unsaturated/α-hetero) is 1. The highest BCUT2D eigenvalue weighted by atomic mass is 16.5. The normalized spacial score (nSPS) is 19.2. The number of carbonyl (C=O) groups excluding carboxylic acids is 1. The Balaban J connectivity index is 1.91. The van der Waals surface area contributed by atoms with E-state index < -0.39 is 0 Å². The molecule has 3 rings (SSSR count).